The average molecular weight is 945 g/mol. The molecule has 0 aliphatic carbocycles. The first-order chi connectivity index (χ1) is 27.8. The maximum Gasteiger partial charge on any atom is 1.00 e. The van der Waals surface area contributed by atoms with Gasteiger partial charge in [0.2, 0.25) is 0 Å². The van der Waals surface area contributed by atoms with Gasteiger partial charge in [-0.05, 0) is 101 Å². The molecule has 15 nitrogen and oxygen atoms in total. The number of unbranched alkanes of at least 4 members (excludes halogenated alkanes) is 2. The maximum atomic E-state index is 11.1. The number of aldehydes is 1. The third-order valence-electron chi connectivity index (χ3n) is 6.06. The van der Waals surface area contributed by atoms with E-state index in [2.05, 4.69) is 28.2 Å². The van der Waals surface area contributed by atoms with Crippen molar-refractivity contribution < 1.29 is 207 Å². The van der Waals surface area contributed by atoms with Crippen molar-refractivity contribution in [1.29, 1.82) is 0 Å². The molecule has 62 heavy (non-hydrogen) atoms. The third-order valence-corrected chi connectivity index (χ3v) is 6.06. The minimum absolute atomic E-state index is 0. The van der Waals surface area contributed by atoms with Crippen molar-refractivity contribution in [3.05, 3.63) is 82.7 Å². The molecule has 0 amide bonds. The molecular weight excluding hydrogens is 870 g/mol. The molecule has 2 N–H and O–H groups in total. The summed E-state index contributed by atoms with van der Waals surface area (Å²) in [6.45, 7) is 27.3. The van der Waals surface area contributed by atoms with Crippen molar-refractivity contribution in [1.82, 2.24) is 0 Å². The molecule has 0 aromatic heterocycles. The van der Waals surface area contributed by atoms with Crippen LogP contribution in [0.15, 0.2) is 82.7 Å². The van der Waals surface area contributed by atoms with E-state index < -0.39 is 17.9 Å². The second-order valence-electron chi connectivity index (χ2n) is 10.8. The molecule has 0 saturated carbocycles. The van der Waals surface area contributed by atoms with Crippen LogP contribution >= 0.6 is 0 Å². The fraction of sp³-hybridized carbons (Fsp3) is 0.523. The topological polar surface area (TPSA) is 243 Å². The van der Waals surface area contributed by atoms with E-state index in [4.69, 9.17) is 25.0 Å². The number of hydrogen-bond donors (Lipinski definition) is 2. The molecule has 18 heteroatoms. The maximum absolute atomic E-state index is 11.1. The Morgan fingerprint density at radius 1 is 0.613 bits per heavy atom. The van der Waals surface area contributed by atoms with Crippen molar-refractivity contribution in [2.45, 2.75) is 136 Å². The predicted octanol–water partition coefficient (Wildman–Crippen LogP) is -2.50. The smallest absolute Gasteiger partial charge is 1.00 e. The van der Waals surface area contributed by atoms with Crippen LogP contribution < -0.4 is 143 Å². The SMILES string of the molecule is C/C=C(\C)C(=O)OC(=O)/C(C)=C/C.C/C=C(\C)C(=O)OCCCC.C/C=C(\C)C(=O)[O-].C/C=C/CO.C/C=C/OC(=O)/C(C)=C/C.CCC=O.CCCCO.O=CO[O-].[H-].[K+].[K+].[Na+]. The quantitative estimate of drug-likeness (QED) is 0.0156. The zero-order chi connectivity index (χ0) is 48.0. The number of carbonyl (C=O) groups is 7. The zero-order valence-corrected chi connectivity index (χ0v) is 49.5. The summed E-state index contributed by atoms with van der Waals surface area (Å²) in [7, 11) is 0. The summed E-state index contributed by atoms with van der Waals surface area (Å²) in [4.78, 5) is 74.1. The van der Waals surface area contributed by atoms with Gasteiger partial charge in [-0.25, -0.2) is 19.2 Å². The largest absolute Gasteiger partial charge is 1.00 e. The van der Waals surface area contributed by atoms with Gasteiger partial charge in [0.15, 0.2) is 0 Å². The Morgan fingerprint density at radius 2 is 0.968 bits per heavy atom. The first-order valence-corrected chi connectivity index (χ1v) is 18.9. The molecule has 0 aromatic carbocycles. The van der Waals surface area contributed by atoms with Crippen molar-refractivity contribution in [3.8, 4) is 0 Å². The molecule has 0 aromatic rings. The van der Waals surface area contributed by atoms with E-state index in [1.54, 1.807) is 105 Å². The molecule has 0 heterocycles. The minimum Gasteiger partial charge on any atom is -1.00 e. The monoisotopic (exact) mass is 944 g/mol. The number of allylic oxidation sites excluding steroid dienone is 7. The van der Waals surface area contributed by atoms with Crippen molar-refractivity contribution >= 4 is 42.6 Å². The Balaban J connectivity index is -0.0000000484. The number of rotatable bonds is 14. The zero-order valence-electron chi connectivity index (χ0n) is 42.2. The van der Waals surface area contributed by atoms with Crippen LogP contribution in [0.25, 0.3) is 0 Å². The van der Waals surface area contributed by atoms with Gasteiger partial charge in [0.05, 0.1) is 25.4 Å². The van der Waals surface area contributed by atoms with Crippen LogP contribution in [0.4, 0.5) is 0 Å². The van der Waals surface area contributed by atoms with E-state index in [-0.39, 0.29) is 164 Å². The van der Waals surface area contributed by atoms with Gasteiger partial charge in [-0.2, -0.15) is 0 Å². The summed E-state index contributed by atoms with van der Waals surface area (Å²) in [6.07, 6.45) is 20.2. The molecule has 0 spiro atoms. The van der Waals surface area contributed by atoms with Crippen molar-refractivity contribution in [2.24, 2.45) is 0 Å². The molecule has 0 bridgehead atoms. The number of carboxylic acid groups (broad SMARTS) is 1. The molecular formula is C44H75K2NaO15. The Labute approximate surface area is 481 Å². The van der Waals surface area contributed by atoms with E-state index in [1.807, 2.05) is 20.8 Å². The van der Waals surface area contributed by atoms with Crippen LogP contribution in [0.3, 0.4) is 0 Å². The van der Waals surface area contributed by atoms with Crippen LogP contribution in [0.5, 0.6) is 0 Å². The van der Waals surface area contributed by atoms with Gasteiger partial charge in [0.25, 0.3) is 6.47 Å². The number of carbonyl (C=O) groups excluding carboxylic acids is 7. The van der Waals surface area contributed by atoms with Crippen molar-refractivity contribution in [3.63, 3.8) is 0 Å². The number of esters is 4. The van der Waals surface area contributed by atoms with Gasteiger partial charge in [-0.15, -0.1) is 0 Å². The standard InChI is InChI=1S/C10H14O3.C9H16O2.C8H12O2.C5H8O2.C4H10O.C4H8O.C3H6O.CH2O3.2K.Na.H/c1-5-7(3)9(11)13-10(12)8(4)6-2;1-4-6-7-11-9(10)8(3)5-2;1-4-6-10-8(9)7(3)5-2;1-3-4(2)5(6)7;2*1-2-3-4-5;1-2-3-4;2-1-4-3;;;;/h5-6H,1-4H3;5H,4,6-7H2,1-3H3;4-6H,1-3H3;3H,1-2H3,(H,6,7);5H,2-4H2,1H3;2-3,5H,4H2,1H3;3H,2H2,1H3;1,3H;;;;/q;;;;;;;;3*+1;-1/p-2/b7-5+,8-6+;8-5+;6-4+,7-5+;4-3+;;3-2+;;;;;;. The number of ether oxygens (including phenoxy) is 3. The normalized spacial score (nSPS) is 10.1. The van der Waals surface area contributed by atoms with Gasteiger partial charge < -0.3 is 50.7 Å². The molecule has 0 aliphatic rings. The predicted molar refractivity (Wildman–Crippen MR) is 229 cm³/mol. The summed E-state index contributed by atoms with van der Waals surface area (Å²) in [5.41, 5.74) is 2.44. The molecule has 0 fully saturated rings. The second-order valence-corrected chi connectivity index (χ2v) is 10.8. The summed E-state index contributed by atoms with van der Waals surface area (Å²) < 4.78 is 14.1. The fourth-order valence-corrected chi connectivity index (χ4v) is 1.74. The molecule has 0 saturated heterocycles. The Bertz CT molecular complexity index is 1270. The van der Waals surface area contributed by atoms with Gasteiger partial charge in [0.1, 0.15) is 6.29 Å². The van der Waals surface area contributed by atoms with E-state index in [0.717, 1.165) is 32.0 Å². The van der Waals surface area contributed by atoms with Crippen LogP contribution in [-0.4, -0.2) is 72.6 Å². The van der Waals surface area contributed by atoms with Gasteiger partial charge in [-0.1, -0.05) is 82.2 Å². The third kappa shape index (κ3) is 86.2. The van der Waals surface area contributed by atoms with E-state index in [9.17, 15) is 33.9 Å². The minimum atomic E-state index is -1.09. The van der Waals surface area contributed by atoms with Crippen LogP contribution in [-0.2, 0) is 52.7 Å². The first kappa shape index (κ1) is 87.9. The summed E-state index contributed by atoms with van der Waals surface area (Å²) in [6, 6.07) is 0. The van der Waals surface area contributed by atoms with Crippen molar-refractivity contribution in [2.75, 3.05) is 19.8 Å². The Hall–Kier alpha value is -0.977. The Morgan fingerprint density at radius 3 is 1.16 bits per heavy atom. The average Bonchev–Trinajstić information content (AvgIpc) is 3.25. The number of carboxylic acids is 1. The van der Waals surface area contributed by atoms with E-state index in [1.165, 1.54) is 19.3 Å². The summed E-state index contributed by atoms with van der Waals surface area (Å²) in [5, 5.41) is 34.2. The molecule has 344 valence electrons. The molecule has 0 aliphatic heterocycles. The van der Waals surface area contributed by atoms with Gasteiger partial charge >= 0.3 is 156 Å². The number of hydrogen-bond acceptors (Lipinski definition) is 15. The fourth-order valence-electron chi connectivity index (χ4n) is 1.74. The molecule has 0 unspecified atom stereocenters. The van der Waals surface area contributed by atoms with Crippen LogP contribution in [0, 0.1) is 0 Å². The molecule has 0 radical (unpaired) electrons. The number of aliphatic carboxylic acids is 1. The van der Waals surface area contributed by atoms with Gasteiger partial charge in [0, 0.05) is 35.3 Å². The number of aliphatic hydroxyl groups excluding tert-OH is 2. The Kier molecular flexibility index (Phi) is 109. The van der Waals surface area contributed by atoms with Crippen LogP contribution in [0.2, 0.25) is 0 Å². The summed E-state index contributed by atoms with van der Waals surface area (Å²) >= 11 is 0. The molecule has 0 rings (SSSR count). The van der Waals surface area contributed by atoms with E-state index in [0.29, 0.717) is 41.9 Å². The number of aliphatic hydroxyl groups is 2. The van der Waals surface area contributed by atoms with Crippen LogP contribution in [0.1, 0.15) is 137 Å². The summed E-state index contributed by atoms with van der Waals surface area (Å²) in [5.74, 6) is -2.76. The van der Waals surface area contributed by atoms with E-state index >= 15 is 0 Å². The van der Waals surface area contributed by atoms with Gasteiger partial charge in [-0.3, -0.25) is 4.79 Å². The first-order valence-electron chi connectivity index (χ1n) is 18.9. The second kappa shape index (κ2) is 77.3. The molecule has 0 atom stereocenters.